The highest BCUT2D eigenvalue weighted by molar-refractivity contribution is 7.09. The minimum atomic E-state index is 0.390. The van der Waals surface area contributed by atoms with Crippen molar-refractivity contribution in [1.82, 2.24) is 14.9 Å². The molecule has 0 radical (unpaired) electrons. The summed E-state index contributed by atoms with van der Waals surface area (Å²) in [6.07, 6.45) is 3.30. The molecular weight excluding hydrogens is 242 g/mol. The third-order valence-electron chi connectivity index (χ3n) is 2.98. The summed E-state index contributed by atoms with van der Waals surface area (Å²) in [6.45, 7) is 8.38. The summed E-state index contributed by atoms with van der Waals surface area (Å²) in [5.41, 5.74) is 2.44. The first-order valence-corrected chi connectivity index (χ1v) is 7.38. The standard InChI is InChI=1S/C14H21N3S/c1-4-7-15-12(3)13-6-5-8-17(13)9-14-16-11(2)10-18-14/h5-6,8,10,12,15H,4,7,9H2,1-3H3. The molecular formula is C14H21N3S. The highest BCUT2D eigenvalue weighted by Crippen LogP contribution is 2.17. The topological polar surface area (TPSA) is 29.9 Å². The Balaban J connectivity index is 2.07. The lowest BCUT2D eigenvalue weighted by Gasteiger charge is -2.16. The van der Waals surface area contributed by atoms with Gasteiger partial charge in [0.05, 0.1) is 6.54 Å². The average Bonchev–Trinajstić information content (AvgIpc) is 2.96. The molecule has 1 atom stereocenters. The van der Waals surface area contributed by atoms with Crippen molar-refractivity contribution in [1.29, 1.82) is 0 Å². The largest absolute Gasteiger partial charge is 0.343 e. The molecule has 98 valence electrons. The van der Waals surface area contributed by atoms with Crippen molar-refractivity contribution in [3.63, 3.8) is 0 Å². The molecule has 0 spiro atoms. The molecule has 2 aromatic rings. The van der Waals surface area contributed by atoms with Gasteiger partial charge in [-0.1, -0.05) is 6.92 Å². The normalized spacial score (nSPS) is 12.8. The van der Waals surface area contributed by atoms with Crippen LogP contribution in [0.2, 0.25) is 0 Å². The molecule has 0 aliphatic rings. The van der Waals surface area contributed by atoms with E-state index in [0.29, 0.717) is 6.04 Å². The van der Waals surface area contributed by atoms with Crippen molar-refractivity contribution < 1.29 is 0 Å². The van der Waals surface area contributed by atoms with Gasteiger partial charge in [-0.2, -0.15) is 0 Å². The predicted octanol–water partition coefficient (Wildman–Crippen LogP) is 3.36. The zero-order valence-electron chi connectivity index (χ0n) is 11.3. The van der Waals surface area contributed by atoms with E-state index in [9.17, 15) is 0 Å². The fraction of sp³-hybridized carbons (Fsp3) is 0.500. The SMILES string of the molecule is CCCNC(C)c1cccn1Cc1nc(C)cs1. The van der Waals surface area contributed by atoms with Gasteiger partial charge in [0.25, 0.3) is 0 Å². The van der Waals surface area contributed by atoms with Crippen LogP contribution in [0, 0.1) is 6.92 Å². The second-order valence-electron chi connectivity index (χ2n) is 4.62. The fourth-order valence-electron chi connectivity index (χ4n) is 2.05. The average molecular weight is 263 g/mol. The lowest BCUT2D eigenvalue weighted by atomic mass is 10.2. The van der Waals surface area contributed by atoms with E-state index in [0.717, 1.165) is 25.2 Å². The molecule has 0 saturated carbocycles. The van der Waals surface area contributed by atoms with Gasteiger partial charge in [0.1, 0.15) is 5.01 Å². The van der Waals surface area contributed by atoms with Crippen molar-refractivity contribution in [3.05, 3.63) is 40.1 Å². The molecule has 0 aromatic carbocycles. The second-order valence-corrected chi connectivity index (χ2v) is 5.56. The number of hydrogen-bond donors (Lipinski definition) is 1. The first kappa shape index (κ1) is 13.3. The summed E-state index contributed by atoms with van der Waals surface area (Å²) in [6, 6.07) is 4.69. The lowest BCUT2D eigenvalue weighted by Crippen LogP contribution is -2.22. The van der Waals surface area contributed by atoms with E-state index < -0.39 is 0 Å². The van der Waals surface area contributed by atoms with Crippen LogP contribution in [0.15, 0.2) is 23.7 Å². The van der Waals surface area contributed by atoms with Gasteiger partial charge >= 0.3 is 0 Å². The maximum absolute atomic E-state index is 4.53. The van der Waals surface area contributed by atoms with Crippen molar-refractivity contribution in [2.24, 2.45) is 0 Å². The molecule has 1 unspecified atom stereocenters. The molecule has 2 rings (SSSR count). The number of rotatable bonds is 6. The minimum absolute atomic E-state index is 0.390. The zero-order chi connectivity index (χ0) is 13.0. The molecule has 0 aliphatic heterocycles. The van der Waals surface area contributed by atoms with Gasteiger partial charge in [-0.25, -0.2) is 4.98 Å². The van der Waals surface area contributed by atoms with Gasteiger partial charge < -0.3 is 9.88 Å². The number of thiazole rings is 1. The fourth-order valence-corrected chi connectivity index (χ4v) is 2.82. The molecule has 2 aromatic heterocycles. The first-order valence-electron chi connectivity index (χ1n) is 6.50. The van der Waals surface area contributed by atoms with Crippen LogP contribution in [-0.2, 0) is 6.54 Å². The van der Waals surface area contributed by atoms with Crippen LogP contribution < -0.4 is 5.32 Å². The molecule has 0 fully saturated rings. The van der Waals surface area contributed by atoms with Gasteiger partial charge in [0.15, 0.2) is 0 Å². The van der Waals surface area contributed by atoms with Crippen LogP contribution in [0.5, 0.6) is 0 Å². The number of aromatic nitrogens is 2. The van der Waals surface area contributed by atoms with E-state index in [-0.39, 0.29) is 0 Å². The van der Waals surface area contributed by atoms with Crippen molar-refractivity contribution >= 4 is 11.3 Å². The molecule has 4 heteroatoms. The van der Waals surface area contributed by atoms with Crippen LogP contribution in [0.3, 0.4) is 0 Å². The van der Waals surface area contributed by atoms with Crippen LogP contribution in [0.25, 0.3) is 0 Å². The van der Waals surface area contributed by atoms with Gasteiger partial charge in [0.2, 0.25) is 0 Å². The highest BCUT2D eigenvalue weighted by Gasteiger charge is 2.10. The summed E-state index contributed by atoms with van der Waals surface area (Å²) in [4.78, 5) is 4.53. The van der Waals surface area contributed by atoms with Crippen LogP contribution >= 0.6 is 11.3 Å². The number of hydrogen-bond acceptors (Lipinski definition) is 3. The van der Waals surface area contributed by atoms with E-state index >= 15 is 0 Å². The number of nitrogens with one attached hydrogen (secondary N) is 1. The summed E-state index contributed by atoms with van der Waals surface area (Å²) in [5.74, 6) is 0. The Morgan fingerprint density at radius 2 is 2.33 bits per heavy atom. The van der Waals surface area contributed by atoms with E-state index in [1.807, 2.05) is 6.92 Å². The first-order chi connectivity index (χ1) is 8.70. The summed E-state index contributed by atoms with van der Waals surface area (Å²) < 4.78 is 2.28. The van der Waals surface area contributed by atoms with Crippen LogP contribution in [0.1, 0.15) is 42.7 Å². The molecule has 2 heterocycles. The quantitative estimate of drug-likeness (QED) is 0.866. The number of nitrogens with zero attached hydrogens (tertiary/aromatic N) is 2. The number of aryl methyl sites for hydroxylation is 1. The van der Waals surface area contributed by atoms with E-state index in [1.165, 1.54) is 10.7 Å². The van der Waals surface area contributed by atoms with Crippen molar-refractivity contribution in [2.45, 2.75) is 39.8 Å². The summed E-state index contributed by atoms with van der Waals surface area (Å²) in [5, 5.41) is 6.81. The molecule has 0 aliphatic carbocycles. The second kappa shape index (κ2) is 6.16. The Bertz CT molecular complexity index is 487. The van der Waals surface area contributed by atoms with E-state index in [1.54, 1.807) is 11.3 Å². The molecule has 0 amide bonds. The summed E-state index contributed by atoms with van der Waals surface area (Å²) in [7, 11) is 0. The Hall–Kier alpha value is -1.13. The van der Waals surface area contributed by atoms with Gasteiger partial charge in [-0.3, -0.25) is 0 Å². The molecule has 18 heavy (non-hydrogen) atoms. The predicted molar refractivity (Wildman–Crippen MR) is 77.1 cm³/mol. The van der Waals surface area contributed by atoms with Crippen molar-refractivity contribution in [2.75, 3.05) is 6.54 Å². The Morgan fingerprint density at radius 3 is 3.00 bits per heavy atom. The van der Waals surface area contributed by atoms with Gasteiger partial charge in [-0.15, -0.1) is 11.3 Å². The third-order valence-corrected chi connectivity index (χ3v) is 3.93. The van der Waals surface area contributed by atoms with E-state index in [4.69, 9.17) is 0 Å². The maximum atomic E-state index is 4.53. The zero-order valence-corrected chi connectivity index (χ0v) is 12.1. The Kier molecular flexibility index (Phi) is 4.55. The molecule has 3 nitrogen and oxygen atoms in total. The monoisotopic (exact) mass is 263 g/mol. The highest BCUT2D eigenvalue weighted by atomic mass is 32.1. The maximum Gasteiger partial charge on any atom is 0.113 e. The molecule has 1 N–H and O–H groups in total. The minimum Gasteiger partial charge on any atom is -0.343 e. The van der Waals surface area contributed by atoms with Gasteiger partial charge in [-0.05, 0) is 38.9 Å². The summed E-state index contributed by atoms with van der Waals surface area (Å²) >= 11 is 1.73. The third kappa shape index (κ3) is 3.21. The van der Waals surface area contributed by atoms with Crippen LogP contribution in [0.4, 0.5) is 0 Å². The molecule has 0 saturated heterocycles. The lowest BCUT2D eigenvalue weighted by molar-refractivity contribution is 0.534. The van der Waals surface area contributed by atoms with Crippen molar-refractivity contribution in [3.8, 4) is 0 Å². The Morgan fingerprint density at radius 1 is 1.50 bits per heavy atom. The Labute approximate surface area is 113 Å². The van der Waals surface area contributed by atoms with Crippen LogP contribution in [-0.4, -0.2) is 16.1 Å². The van der Waals surface area contributed by atoms with Gasteiger partial charge in [0, 0.05) is 29.0 Å². The van der Waals surface area contributed by atoms with E-state index in [2.05, 4.69) is 52.4 Å². The smallest absolute Gasteiger partial charge is 0.113 e. The molecule has 0 bridgehead atoms.